The van der Waals surface area contributed by atoms with Crippen LogP contribution in [0.5, 0.6) is 0 Å². The first-order chi connectivity index (χ1) is 10.8. The Morgan fingerprint density at radius 3 is 3.00 bits per heavy atom. The molecule has 0 aliphatic heterocycles. The van der Waals surface area contributed by atoms with Gasteiger partial charge < -0.3 is 15.4 Å². The van der Waals surface area contributed by atoms with Crippen LogP contribution in [0.3, 0.4) is 0 Å². The second-order valence-electron chi connectivity index (χ2n) is 6.09. The van der Waals surface area contributed by atoms with E-state index in [0.29, 0.717) is 5.92 Å². The molecule has 6 nitrogen and oxygen atoms in total. The zero-order valence-corrected chi connectivity index (χ0v) is 13.8. The molecule has 0 aromatic carbocycles. The van der Waals surface area contributed by atoms with Gasteiger partial charge in [0.15, 0.2) is 5.96 Å². The number of ether oxygens (including phenoxy) is 1. The molecule has 0 spiro atoms. The average Bonchev–Trinajstić information content (AvgIpc) is 3.21. The molecule has 1 aliphatic rings. The fourth-order valence-corrected chi connectivity index (χ4v) is 2.20. The third-order valence-corrected chi connectivity index (χ3v) is 3.71. The first-order valence-corrected chi connectivity index (χ1v) is 8.27. The Morgan fingerprint density at radius 2 is 2.32 bits per heavy atom. The molecule has 2 rings (SSSR count). The highest BCUT2D eigenvalue weighted by Crippen LogP contribution is 2.28. The molecular weight excluding hydrogens is 278 g/mol. The van der Waals surface area contributed by atoms with Gasteiger partial charge >= 0.3 is 0 Å². The Hall–Kier alpha value is -1.56. The van der Waals surface area contributed by atoms with Gasteiger partial charge in [-0.1, -0.05) is 6.92 Å². The molecule has 1 heterocycles. The molecule has 0 amide bonds. The minimum Gasteiger partial charge on any atom is -0.381 e. The van der Waals surface area contributed by atoms with Gasteiger partial charge in [-0.3, -0.25) is 9.67 Å². The van der Waals surface area contributed by atoms with E-state index < -0.39 is 0 Å². The summed E-state index contributed by atoms with van der Waals surface area (Å²) in [5.41, 5.74) is 0. The van der Waals surface area contributed by atoms with Crippen LogP contribution in [0.4, 0.5) is 0 Å². The van der Waals surface area contributed by atoms with Crippen LogP contribution in [0.2, 0.25) is 0 Å². The van der Waals surface area contributed by atoms with Gasteiger partial charge in [0.2, 0.25) is 0 Å². The van der Waals surface area contributed by atoms with Crippen LogP contribution in [0.25, 0.3) is 0 Å². The Balaban J connectivity index is 1.50. The van der Waals surface area contributed by atoms with Gasteiger partial charge in [0.25, 0.3) is 0 Å². The minimum absolute atomic E-state index is 0.486. The normalized spacial score (nSPS) is 16.5. The van der Waals surface area contributed by atoms with Crippen LogP contribution >= 0.6 is 0 Å². The molecule has 1 unspecified atom stereocenters. The van der Waals surface area contributed by atoms with Crippen molar-refractivity contribution in [3.8, 4) is 0 Å². The zero-order valence-electron chi connectivity index (χ0n) is 13.8. The van der Waals surface area contributed by atoms with Gasteiger partial charge in [-0.05, 0) is 37.2 Å². The molecular formula is C16H29N5O. The number of hydrogen-bond donors (Lipinski definition) is 2. The average molecular weight is 307 g/mol. The maximum Gasteiger partial charge on any atom is 0.190 e. The molecule has 1 aromatic rings. The van der Waals surface area contributed by atoms with Crippen molar-refractivity contribution in [3.05, 3.63) is 18.5 Å². The maximum atomic E-state index is 5.62. The summed E-state index contributed by atoms with van der Waals surface area (Å²) in [6.07, 6.45) is 7.52. The van der Waals surface area contributed by atoms with E-state index >= 15 is 0 Å². The molecule has 0 bridgehead atoms. The highest BCUT2D eigenvalue weighted by atomic mass is 16.5. The lowest BCUT2D eigenvalue weighted by Gasteiger charge is -2.16. The predicted octanol–water partition coefficient (Wildman–Crippen LogP) is 1.50. The SMILES string of the molecule is CN=C(NCCCOCC1CC1)NCC(C)Cn1cccn1. The van der Waals surface area contributed by atoms with Crippen LogP contribution in [0.1, 0.15) is 26.2 Å². The second kappa shape index (κ2) is 9.46. The van der Waals surface area contributed by atoms with Crippen LogP contribution in [-0.4, -0.2) is 49.1 Å². The summed E-state index contributed by atoms with van der Waals surface area (Å²) in [5, 5.41) is 10.9. The summed E-state index contributed by atoms with van der Waals surface area (Å²) in [7, 11) is 1.80. The molecule has 1 aliphatic carbocycles. The van der Waals surface area contributed by atoms with Gasteiger partial charge in [0.05, 0.1) is 0 Å². The van der Waals surface area contributed by atoms with E-state index in [1.54, 1.807) is 7.05 Å². The van der Waals surface area contributed by atoms with Crippen LogP contribution in [0.15, 0.2) is 23.5 Å². The molecule has 124 valence electrons. The molecule has 22 heavy (non-hydrogen) atoms. The summed E-state index contributed by atoms with van der Waals surface area (Å²) < 4.78 is 7.58. The van der Waals surface area contributed by atoms with Gasteiger partial charge in [0, 0.05) is 52.3 Å². The van der Waals surface area contributed by atoms with Crippen LogP contribution < -0.4 is 10.6 Å². The fraction of sp³-hybridized carbons (Fsp3) is 0.750. The van der Waals surface area contributed by atoms with Crippen molar-refractivity contribution in [2.45, 2.75) is 32.7 Å². The lowest BCUT2D eigenvalue weighted by atomic mass is 10.2. The molecule has 0 radical (unpaired) electrons. The largest absolute Gasteiger partial charge is 0.381 e. The molecule has 1 atom stereocenters. The van der Waals surface area contributed by atoms with Crippen molar-refractivity contribution in [2.75, 3.05) is 33.4 Å². The lowest BCUT2D eigenvalue weighted by Crippen LogP contribution is -2.40. The van der Waals surface area contributed by atoms with Gasteiger partial charge in [-0.25, -0.2) is 0 Å². The van der Waals surface area contributed by atoms with E-state index in [9.17, 15) is 0 Å². The second-order valence-corrected chi connectivity index (χ2v) is 6.09. The van der Waals surface area contributed by atoms with Crippen molar-refractivity contribution in [1.29, 1.82) is 0 Å². The predicted molar refractivity (Wildman–Crippen MR) is 88.9 cm³/mol. The smallest absolute Gasteiger partial charge is 0.190 e. The van der Waals surface area contributed by atoms with Gasteiger partial charge in [-0.15, -0.1) is 0 Å². The Morgan fingerprint density at radius 1 is 1.45 bits per heavy atom. The number of rotatable bonds is 10. The summed E-state index contributed by atoms with van der Waals surface area (Å²) in [6, 6.07) is 1.95. The van der Waals surface area contributed by atoms with Crippen LogP contribution in [0, 0.1) is 11.8 Å². The summed E-state index contributed by atoms with van der Waals surface area (Å²) in [5.74, 6) is 2.19. The van der Waals surface area contributed by atoms with Gasteiger partial charge in [0.1, 0.15) is 0 Å². The Labute approximate surface area is 133 Å². The van der Waals surface area contributed by atoms with Crippen molar-refractivity contribution >= 4 is 5.96 Å². The van der Waals surface area contributed by atoms with E-state index in [-0.39, 0.29) is 0 Å². The van der Waals surface area contributed by atoms with Crippen molar-refractivity contribution in [3.63, 3.8) is 0 Å². The Kier molecular flexibility index (Phi) is 7.22. The van der Waals surface area contributed by atoms with E-state index in [0.717, 1.165) is 51.1 Å². The lowest BCUT2D eigenvalue weighted by molar-refractivity contribution is 0.123. The number of aromatic nitrogens is 2. The number of aliphatic imine (C=N–C) groups is 1. The standard InChI is InChI=1S/C16H29N5O/c1-14(12-21-9-3-8-20-21)11-19-16(17-2)18-7-4-10-22-13-15-5-6-15/h3,8-9,14-15H,4-7,10-13H2,1-2H3,(H2,17,18,19). The van der Waals surface area contributed by atoms with Crippen molar-refractivity contribution in [1.82, 2.24) is 20.4 Å². The fourth-order valence-electron chi connectivity index (χ4n) is 2.20. The molecule has 0 saturated heterocycles. The number of nitrogens with zero attached hydrogens (tertiary/aromatic N) is 3. The minimum atomic E-state index is 0.486. The monoisotopic (exact) mass is 307 g/mol. The van der Waals surface area contributed by atoms with Gasteiger partial charge in [-0.2, -0.15) is 5.10 Å². The first-order valence-electron chi connectivity index (χ1n) is 8.27. The topological polar surface area (TPSA) is 63.5 Å². The molecule has 1 saturated carbocycles. The molecule has 1 aromatic heterocycles. The highest BCUT2D eigenvalue weighted by molar-refractivity contribution is 5.79. The quantitative estimate of drug-likeness (QED) is 0.391. The zero-order chi connectivity index (χ0) is 15.6. The molecule has 2 N–H and O–H groups in total. The highest BCUT2D eigenvalue weighted by Gasteiger charge is 2.20. The van der Waals surface area contributed by atoms with E-state index in [2.05, 4.69) is 27.6 Å². The van der Waals surface area contributed by atoms with Crippen LogP contribution in [-0.2, 0) is 11.3 Å². The first kappa shape index (κ1) is 16.8. The molecule has 1 fully saturated rings. The van der Waals surface area contributed by atoms with Crippen molar-refractivity contribution < 1.29 is 4.74 Å². The number of hydrogen-bond acceptors (Lipinski definition) is 3. The summed E-state index contributed by atoms with van der Waals surface area (Å²) in [6.45, 7) is 6.64. The third-order valence-electron chi connectivity index (χ3n) is 3.71. The summed E-state index contributed by atoms with van der Waals surface area (Å²) in [4.78, 5) is 4.24. The number of guanidine groups is 1. The Bertz CT molecular complexity index is 428. The van der Waals surface area contributed by atoms with E-state index in [4.69, 9.17) is 4.74 Å². The third kappa shape index (κ3) is 6.93. The summed E-state index contributed by atoms with van der Waals surface area (Å²) >= 11 is 0. The number of nitrogens with one attached hydrogen (secondary N) is 2. The van der Waals surface area contributed by atoms with E-state index in [1.165, 1.54) is 12.8 Å². The maximum absolute atomic E-state index is 5.62. The van der Waals surface area contributed by atoms with Crippen molar-refractivity contribution in [2.24, 2.45) is 16.8 Å². The van der Waals surface area contributed by atoms with E-state index in [1.807, 2.05) is 23.1 Å². The molecule has 6 heteroatoms.